The van der Waals surface area contributed by atoms with Gasteiger partial charge in [0.25, 0.3) is 5.91 Å². The van der Waals surface area contributed by atoms with Crippen molar-refractivity contribution in [1.29, 1.82) is 0 Å². The maximum Gasteiger partial charge on any atom is 0.257 e. The van der Waals surface area contributed by atoms with Gasteiger partial charge in [-0.05, 0) is 25.9 Å². The van der Waals surface area contributed by atoms with Crippen LogP contribution in [0.25, 0.3) is 0 Å². The van der Waals surface area contributed by atoms with Crippen molar-refractivity contribution >= 4 is 5.91 Å². The SMILES string of the molecule is O=C(NC1CCCCC1)C1(F)CCNCC1. The first-order valence-electron chi connectivity index (χ1n) is 6.41. The Morgan fingerprint density at radius 3 is 2.44 bits per heavy atom. The quantitative estimate of drug-likeness (QED) is 0.752. The zero-order chi connectivity index (χ0) is 11.4. The van der Waals surface area contributed by atoms with Crippen LogP contribution in [-0.4, -0.2) is 30.7 Å². The standard InChI is InChI=1S/C12H21FN2O/c13-12(6-8-14-9-7-12)11(16)15-10-4-2-1-3-5-10/h10,14H,1-9H2,(H,15,16). The molecule has 0 bridgehead atoms. The molecule has 3 nitrogen and oxygen atoms in total. The number of nitrogens with one attached hydrogen (secondary N) is 2. The minimum Gasteiger partial charge on any atom is -0.351 e. The summed E-state index contributed by atoms with van der Waals surface area (Å²) in [5.41, 5.74) is -1.62. The van der Waals surface area contributed by atoms with Gasteiger partial charge >= 0.3 is 0 Å². The number of piperidine rings is 1. The number of carbonyl (C=O) groups excluding carboxylic acids is 1. The largest absolute Gasteiger partial charge is 0.351 e. The average Bonchev–Trinajstić information content (AvgIpc) is 2.31. The molecule has 0 aromatic carbocycles. The van der Waals surface area contributed by atoms with Crippen LogP contribution >= 0.6 is 0 Å². The molecule has 1 amide bonds. The van der Waals surface area contributed by atoms with E-state index in [9.17, 15) is 9.18 Å². The van der Waals surface area contributed by atoms with Gasteiger partial charge in [-0.1, -0.05) is 19.3 Å². The average molecular weight is 228 g/mol. The van der Waals surface area contributed by atoms with Gasteiger partial charge in [0.15, 0.2) is 5.67 Å². The maximum absolute atomic E-state index is 14.3. The first kappa shape index (κ1) is 11.8. The van der Waals surface area contributed by atoms with E-state index in [0.29, 0.717) is 25.9 Å². The molecule has 1 saturated heterocycles. The topological polar surface area (TPSA) is 41.1 Å². The summed E-state index contributed by atoms with van der Waals surface area (Å²) in [7, 11) is 0. The summed E-state index contributed by atoms with van der Waals surface area (Å²) in [6.07, 6.45) is 6.21. The van der Waals surface area contributed by atoms with Gasteiger partial charge in [0.2, 0.25) is 0 Å². The monoisotopic (exact) mass is 228 g/mol. The predicted molar refractivity (Wildman–Crippen MR) is 61.0 cm³/mol. The summed E-state index contributed by atoms with van der Waals surface area (Å²) in [5.74, 6) is -0.374. The molecule has 1 aliphatic carbocycles. The van der Waals surface area contributed by atoms with Gasteiger partial charge in [-0.15, -0.1) is 0 Å². The molecule has 0 unspecified atom stereocenters. The van der Waals surface area contributed by atoms with E-state index in [4.69, 9.17) is 0 Å². The number of hydrogen-bond donors (Lipinski definition) is 2. The second kappa shape index (κ2) is 5.13. The first-order valence-corrected chi connectivity index (χ1v) is 6.41. The van der Waals surface area contributed by atoms with Crippen LogP contribution in [0, 0.1) is 0 Å². The maximum atomic E-state index is 14.3. The van der Waals surface area contributed by atoms with Crippen LogP contribution in [0.3, 0.4) is 0 Å². The van der Waals surface area contributed by atoms with Crippen molar-refractivity contribution in [3.05, 3.63) is 0 Å². The molecule has 0 radical (unpaired) electrons. The van der Waals surface area contributed by atoms with Crippen molar-refractivity contribution in [3.8, 4) is 0 Å². The Hall–Kier alpha value is -0.640. The number of carbonyl (C=O) groups is 1. The lowest BCUT2D eigenvalue weighted by atomic mass is 9.91. The second-order valence-corrected chi connectivity index (χ2v) is 5.02. The van der Waals surface area contributed by atoms with Crippen molar-refractivity contribution in [3.63, 3.8) is 0 Å². The van der Waals surface area contributed by atoms with Gasteiger partial charge in [-0.2, -0.15) is 0 Å². The zero-order valence-electron chi connectivity index (χ0n) is 9.73. The molecule has 2 aliphatic rings. The molecule has 4 heteroatoms. The van der Waals surface area contributed by atoms with E-state index >= 15 is 0 Å². The van der Waals surface area contributed by atoms with E-state index in [0.717, 1.165) is 25.7 Å². The summed E-state index contributed by atoms with van der Waals surface area (Å²) in [4.78, 5) is 11.9. The van der Waals surface area contributed by atoms with Crippen LogP contribution in [0.2, 0.25) is 0 Å². The minimum absolute atomic E-state index is 0.212. The lowest BCUT2D eigenvalue weighted by molar-refractivity contribution is -0.135. The number of amides is 1. The fourth-order valence-corrected chi connectivity index (χ4v) is 2.61. The molecule has 0 atom stereocenters. The lowest BCUT2D eigenvalue weighted by Crippen LogP contribution is -2.52. The third kappa shape index (κ3) is 2.73. The van der Waals surface area contributed by atoms with Gasteiger partial charge in [0.05, 0.1) is 0 Å². The highest BCUT2D eigenvalue weighted by atomic mass is 19.1. The number of rotatable bonds is 2. The Morgan fingerprint density at radius 1 is 1.19 bits per heavy atom. The highest BCUT2D eigenvalue weighted by Crippen LogP contribution is 2.25. The molecule has 92 valence electrons. The Morgan fingerprint density at radius 2 is 1.81 bits per heavy atom. The molecule has 1 heterocycles. The first-order chi connectivity index (χ1) is 7.71. The van der Waals surface area contributed by atoms with Crippen molar-refractivity contribution in [2.24, 2.45) is 0 Å². The Kier molecular flexibility index (Phi) is 3.79. The van der Waals surface area contributed by atoms with Crippen molar-refractivity contribution < 1.29 is 9.18 Å². The highest BCUT2D eigenvalue weighted by molar-refractivity contribution is 5.85. The summed E-state index contributed by atoms with van der Waals surface area (Å²) in [6, 6.07) is 0.212. The second-order valence-electron chi connectivity index (χ2n) is 5.02. The molecule has 2 fully saturated rings. The third-order valence-electron chi connectivity index (χ3n) is 3.74. The van der Waals surface area contributed by atoms with Crippen molar-refractivity contribution in [2.75, 3.05) is 13.1 Å². The number of halogens is 1. The molecule has 0 aromatic heterocycles. The molecule has 16 heavy (non-hydrogen) atoms. The van der Waals surface area contributed by atoms with E-state index < -0.39 is 5.67 Å². The summed E-state index contributed by atoms with van der Waals surface area (Å²) in [6.45, 7) is 1.21. The van der Waals surface area contributed by atoms with Gasteiger partial charge in [-0.3, -0.25) is 4.79 Å². The van der Waals surface area contributed by atoms with Gasteiger partial charge in [-0.25, -0.2) is 4.39 Å². The molecular weight excluding hydrogens is 207 g/mol. The predicted octanol–water partition coefficient (Wildman–Crippen LogP) is 1.53. The van der Waals surface area contributed by atoms with Crippen molar-refractivity contribution in [1.82, 2.24) is 10.6 Å². The number of hydrogen-bond acceptors (Lipinski definition) is 2. The zero-order valence-corrected chi connectivity index (χ0v) is 9.73. The summed E-state index contributed by atoms with van der Waals surface area (Å²) in [5, 5.41) is 5.97. The Bertz CT molecular complexity index is 245. The summed E-state index contributed by atoms with van der Waals surface area (Å²) < 4.78 is 14.3. The van der Waals surface area contributed by atoms with Crippen LogP contribution in [0.15, 0.2) is 0 Å². The van der Waals surface area contributed by atoms with Crippen molar-refractivity contribution in [2.45, 2.75) is 56.7 Å². The highest BCUT2D eigenvalue weighted by Gasteiger charge is 2.40. The van der Waals surface area contributed by atoms with E-state index in [1.807, 2.05) is 0 Å². The van der Waals surface area contributed by atoms with Crippen LogP contribution in [0.4, 0.5) is 4.39 Å². The molecule has 2 N–H and O–H groups in total. The van der Waals surface area contributed by atoms with E-state index in [2.05, 4.69) is 10.6 Å². The molecule has 0 aromatic rings. The van der Waals surface area contributed by atoms with Gasteiger partial charge in [0, 0.05) is 18.9 Å². The fraction of sp³-hybridized carbons (Fsp3) is 0.917. The van der Waals surface area contributed by atoms with Gasteiger partial charge < -0.3 is 10.6 Å². The Labute approximate surface area is 96.2 Å². The molecule has 0 spiro atoms. The van der Waals surface area contributed by atoms with Crippen LogP contribution in [-0.2, 0) is 4.79 Å². The normalized spacial score (nSPS) is 26.3. The molecule has 2 rings (SSSR count). The van der Waals surface area contributed by atoms with Crippen LogP contribution in [0.5, 0.6) is 0 Å². The summed E-state index contributed by atoms with van der Waals surface area (Å²) >= 11 is 0. The van der Waals surface area contributed by atoms with E-state index in [1.54, 1.807) is 0 Å². The Balaban J connectivity index is 1.85. The smallest absolute Gasteiger partial charge is 0.257 e. The molecule has 1 aliphatic heterocycles. The fourth-order valence-electron chi connectivity index (χ4n) is 2.61. The van der Waals surface area contributed by atoms with E-state index in [-0.39, 0.29) is 11.9 Å². The molecular formula is C12H21FN2O. The van der Waals surface area contributed by atoms with Crippen LogP contribution < -0.4 is 10.6 Å². The van der Waals surface area contributed by atoms with Crippen LogP contribution in [0.1, 0.15) is 44.9 Å². The minimum atomic E-state index is -1.62. The number of alkyl halides is 1. The van der Waals surface area contributed by atoms with E-state index in [1.165, 1.54) is 6.42 Å². The molecule has 1 saturated carbocycles. The third-order valence-corrected chi connectivity index (χ3v) is 3.74. The lowest BCUT2D eigenvalue weighted by Gasteiger charge is -2.31. The van der Waals surface area contributed by atoms with Gasteiger partial charge in [0.1, 0.15) is 0 Å².